The van der Waals surface area contributed by atoms with Crippen LogP contribution in [-0.2, 0) is 14.8 Å². The molecule has 0 bridgehead atoms. The van der Waals surface area contributed by atoms with Gasteiger partial charge in [0.15, 0.2) is 0 Å². The summed E-state index contributed by atoms with van der Waals surface area (Å²) in [6.45, 7) is 2.13. The Morgan fingerprint density at radius 2 is 2.00 bits per heavy atom. The molecule has 8 nitrogen and oxygen atoms in total. The second-order valence-corrected chi connectivity index (χ2v) is 7.91. The molecule has 138 valence electrons. The van der Waals surface area contributed by atoms with E-state index in [1.807, 2.05) is 0 Å². The van der Waals surface area contributed by atoms with Crippen molar-refractivity contribution in [1.82, 2.24) is 9.88 Å². The molecule has 2 atom stereocenters. The number of primary sulfonamides is 1. The van der Waals surface area contributed by atoms with Gasteiger partial charge in [0, 0.05) is 29.6 Å². The molecule has 1 fully saturated rings. The molecule has 1 saturated heterocycles. The quantitative estimate of drug-likeness (QED) is 0.826. The number of nitrogens with two attached hydrogens (primary N) is 1. The molecule has 0 saturated carbocycles. The second kappa shape index (κ2) is 6.65. The van der Waals surface area contributed by atoms with Crippen molar-refractivity contribution < 1.29 is 23.1 Å². The van der Waals surface area contributed by atoms with Gasteiger partial charge in [0.25, 0.3) is 5.91 Å². The van der Waals surface area contributed by atoms with Gasteiger partial charge in [-0.2, -0.15) is 0 Å². The highest BCUT2D eigenvalue weighted by Crippen LogP contribution is 2.28. The number of fused-ring (bicyclic) bond motifs is 1. The molecule has 0 unspecified atom stereocenters. The van der Waals surface area contributed by atoms with Gasteiger partial charge in [-0.25, -0.2) is 13.6 Å². The summed E-state index contributed by atoms with van der Waals surface area (Å²) in [5, 5.41) is 15.3. The van der Waals surface area contributed by atoms with Crippen LogP contribution in [0.15, 0.2) is 35.4 Å². The van der Waals surface area contributed by atoms with E-state index in [1.54, 1.807) is 13.0 Å². The number of benzene rings is 1. The molecule has 3 N–H and O–H groups in total. The number of hydrogen-bond acceptors (Lipinski definition) is 5. The molecule has 0 aliphatic carbocycles. The number of aromatic nitrogens is 1. The lowest BCUT2D eigenvalue weighted by Crippen LogP contribution is -2.49. The van der Waals surface area contributed by atoms with E-state index in [9.17, 15) is 23.1 Å². The van der Waals surface area contributed by atoms with E-state index in [-0.39, 0.29) is 10.6 Å². The second-order valence-electron chi connectivity index (χ2n) is 6.38. The van der Waals surface area contributed by atoms with Gasteiger partial charge in [-0.15, -0.1) is 0 Å². The number of pyridine rings is 1. The Hall–Kier alpha value is -2.52. The summed E-state index contributed by atoms with van der Waals surface area (Å²) >= 11 is 0. The average Bonchev–Trinajstić information content (AvgIpc) is 2.59. The molecule has 0 radical (unpaired) electrons. The maximum atomic E-state index is 13.0. The van der Waals surface area contributed by atoms with Crippen molar-refractivity contribution in [1.29, 1.82) is 0 Å². The van der Waals surface area contributed by atoms with Crippen molar-refractivity contribution in [2.75, 3.05) is 6.54 Å². The van der Waals surface area contributed by atoms with Gasteiger partial charge in [0.2, 0.25) is 10.0 Å². The van der Waals surface area contributed by atoms with Gasteiger partial charge in [-0.05, 0) is 31.9 Å². The highest BCUT2D eigenvalue weighted by molar-refractivity contribution is 7.89. The number of carbonyl (C=O) groups is 2. The Labute approximate surface area is 150 Å². The van der Waals surface area contributed by atoms with E-state index >= 15 is 0 Å². The molecular formula is C17H19N3O5S. The van der Waals surface area contributed by atoms with Crippen LogP contribution in [0.5, 0.6) is 0 Å². The summed E-state index contributed by atoms with van der Waals surface area (Å²) in [5.41, 5.74) is 0.0888. The van der Waals surface area contributed by atoms with Crippen molar-refractivity contribution in [3.63, 3.8) is 0 Å². The van der Waals surface area contributed by atoms with Gasteiger partial charge < -0.3 is 10.0 Å². The summed E-state index contributed by atoms with van der Waals surface area (Å²) in [7, 11) is -3.96. The fourth-order valence-corrected chi connectivity index (χ4v) is 4.25. The van der Waals surface area contributed by atoms with Crippen molar-refractivity contribution in [3.05, 3.63) is 36.2 Å². The van der Waals surface area contributed by atoms with Crippen LogP contribution < -0.4 is 5.14 Å². The molecule has 3 rings (SSSR count). The molecular weight excluding hydrogens is 358 g/mol. The van der Waals surface area contributed by atoms with E-state index in [0.29, 0.717) is 30.2 Å². The number of carboxylic acid groups (broad SMARTS) is 1. The predicted molar refractivity (Wildman–Crippen MR) is 94.0 cm³/mol. The van der Waals surface area contributed by atoms with E-state index in [1.165, 1.54) is 29.3 Å². The number of carboxylic acids is 1. The summed E-state index contributed by atoms with van der Waals surface area (Å²) in [4.78, 5) is 30.0. The van der Waals surface area contributed by atoms with Gasteiger partial charge in [0.05, 0.1) is 10.8 Å². The lowest BCUT2D eigenvalue weighted by atomic mass is 9.90. The smallest absolute Gasteiger partial charge is 0.308 e. The standard InChI is InChI=1S/C17H19N3O5S/c1-10-11(17(22)23)5-3-9-20(10)16(21)15-13-4-2-6-14(26(18,24)25)12(13)7-8-19-15/h2,4,6-8,10-11H,3,5,9H2,1H3,(H,22,23)(H2,18,24,25)/t10-,11-/m1/s1. The van der Waals surface area contributed by atoms with Crippen LogP contribution in [0.25, 0.3) is 10.8 Å². The van der Waals surface area contributed by atoms with E-state index < -0.39 is 33.9 Å². The van der Waals surface area contributed by atoms with Crippen LogP contribution in [0, 0.1) is 5.92 Å². The lowest BCUT2D eigenvalue weighted by molar-refractivity contribution is -0.144. The Morgan fingerprint density at radius 1 is 1.27 bits per heavy atom. The van der Waals surface area contributed by atoms with Crippen LogP contribution in [-0.4, -0.2) is 47.9 Å². The largest absolute Gasteiger partial charge is 0.481 e. The third kappa shape index (κ3) is 3.15. The number of amides is 1. The number of piperidine rings is 1. The fourth-order valence-electron chi connectivity index (χ4n) is 3.49. The first kappa shape index (κ1) is 18.3. The van der Waals surface area contributed by atoms with Crippen LogP contribution in [0.4, 0.5) is 0 Å². The molecule has 1 aliphatic heterocycles. The first-order chi connectivity index (χ1) is 12.2. The first-order valence-electron chi connectivity index (χ1n) is 8.16. The zero-order valence-corrected chi connectivity index (χ0v) is 14.9. The molecule has 1 amide bonds. The molecule has 2 aromatic rings. The van der Waals surface area contributed by atoms with Gasteiger partial charge >= 0.3 is 5.97 Å². The van der Waals surface area contributed by atoms with Crippen molar-refractivity contribution in [3.8, 4) is 0 Å². The van der Waals surface area contributed by atoms with Crippen LogP contribution >= 0.6 is 0 Å². The van der Waals surface area contributed by atoms with Crippen LogP contribution in [0.2, 0.25) is 0 Å². The molecule has 0 spiro atoms. The van der Waals surface area contributed by atoms with Gasteiger partial charge in [-0.1, -0.05) is 12.1 Å². The third-order valence-electron chi connectivity index (χ3n) is 4.84. The summed E-state index contributed by atoms with van der Waals surface area (Å²) in [6.07, 6.45) is 2.45. The molecule has 2 heterocycles. The topological polar surface area (TPSA) is 131 Å². The van der Waals surface area contributed by atoms with E-state index in [0.717, 1.165) is 0 Å². The summed E-state index contributed by atoms with van der Waals surface area (Å²) < 4.78 is 23.6. The van der Waals surface area contributed by atoms with E-state index in [2.05, 4.69) is 4.98 Å². The molecule has 1 aromatic heterocycles. The molecule has 1 aromatic carbocycles. The highest BCUT2D eigenvalue weighted by atomic mass is 32.2. The number of nitrogens with zero attached hydrogens (tertiary/aromatic N) is 2. The van der Waals surface area contributed by atoms with Crippen molar-refractivity contribution in [2.24, 2.45) is 11.1 Å². The number of aliphatic carboxylic acids is 1. The number of likely N-dealkylation sites (tertiary alicyclic amines) is 1. The normalized spacial score (nSPS) is 20.9. The van der Waals surface area contributed by atoms with Crippen LogP contribution in [0.1, 0.15) is 30.3 Å². The van der Waals surface area contributed by atoms with E-state index in [4.69, 9.17) is 5.14 Å². The monoisotopic (exact) mass is 377 g/mol. The van der Waals surface area contributed by atoms with Crippen LogP contribution in [0.3, 0.4) is 0 Å². The van der Waals surface area contributed by atoms with Crippen molar-refractivity contribution in [2.45, 2.75) is 30.7 Å². The number of hydrogen-bond donors (Lipinski definition) is 2. The third-order valence-corrected chi connectivity index (χ3v) is 5.81. The highest BCUT2D eigenvalue weighted by Gasteiger charge is 2.36. The maximum absolute atomic E-state index is 13.0. The number of sulfonamides is 1. The predicted octanol–water partition coefficient (Wildman–Crippen LogP) is 1.21. The summed E-state index contributed by atoms with van der Waals surface area (Å²) in [5.74, 6) is -1.99. The van der Waals surface area contributed by atoms with Gasteiger partial charge in [0.1, 0.15) is 5.69 Å². The van der Waals surface area contributed by atoms with Crippen molar-refractivity contribution >= 4 is 32.7 Å². The molecule has 9 heteroatoms. The average molecular weight is 377 g/mol. The minimum atomic E-state index is -3.96. The number of carbonyl (C=O) groups excluding carboxylic acids is 1. The summed E-state index contributed by atoms with van der Waals surface area (Å²) in [6, 6.07) is 5.49. The Bertz CT molecular complexity index is 989. The maximum Gasteiger partial charge on any atom is 0.308 e. The molecule has 1 aliphatic rings. The first-order valence-corrected chi connectivity index (χ1v) is 9.70. The lowest BCUT2D eigenvalue weighted by Gasteiger charge is -2.37. The minimum Gasteiger partial charge on any atom is -0.481 e. The number of rotatable bonds is 3. The Balaban J connectivity index is 2.08. The zero-order chi connectivity index (χ0) is 19.1. The molecule has 26 heavy (non-hydrogen) atoms. The zero-order valence-electron chi connectivity index (χ0n) is 14.1. The fraction of sp³-hybridized carbons (Fsp3) is 0.353. The Kier molecular flexibility index (Phi) is 4.68. The SMILES string of the molecule is C[C@@H]1[C@H](C(=O)O)CCCN1C(=O)c1nccc2c(S(N)(=O)=O)cccc12. The Morgan fingerprint density at radius 3 is 2.65 bits per heavy atom. The minimum absolute atomic E-state index is 0.0819. The van der Waals surface area contributed by atoms with Gasteiger partial charge in [-0.3, -0.25) is 14.6 Å².